The highest BCUT2D eigenvalue weighted by Crippen LogP contribution is 2.61. The molecule has 4 fully saturated rings. The molecule has 23 heavy (non-hydrogen) atoms. The Morgan fingerprint density at radius 3 is 2.39 bits per heavy atom. The maximum absolute atomic E-state index is 12.8. The first-order valence-corrected chi connectivity index (χ1v) is 9.31. The highest BCUT2D eigenvalue weighted by molar-refractivity contribution is 5.76. The molecule has 4 aliphatic rings. The van der Waals surface area contributed by atoms with Crippen molar-refractivity contribution in [2.24, 2.45) is 23.2 Å². The Hall–Kier alpha value is -1.32. The summed E-state index contributed by atoms with van der Waals surface area (Å²) >= 11 is 0. The molecule has 0 aromatic carbocycles. The lowest BCUT2D eigenvalue weighted by Crippen LogP contribution is -2.48. The van der Waals surface area contributed by atoms with Gasteiger partial charge in [-0.25, -0.2) is 0 Å². The SMILES string of the molecule is CCn1ccc(CN(C)C(=O)CC23CC4CC(CC(C4)C2)C3)n1. The van der Waals surface area contributed by atoms with E-state index in [0.717, 1.165) is 36.4 Å². The molecule has 1 heterocycles. The molecule has 1 amide bonds. The van der Waals surface area contributed by atoms with Crippen LogP contribution >= 0.6 is 0 Å². The number of amides is 1. The van der Waals surface area contributed by atoms with Crippen molar-refractivity contribution in [3.05, 3.63) is 18.0 Å². The molecule has 0 atom stereocenters. The fraction of sp³-hybridized carbons (Fsp3) is 0.789. The zero-order chi connectivity index (χ0) is 16.0. The van der Waals surface area contributed by atoms with Crippen LogP contribution in [0.4, 0.5) is 0 Å². The first-order valence-electron chi connectivity index (χ1n) is 9.31. The van der Waals surface area contributed by atoms with Gasteiger partial charge in [0.05, 0.1) is 12.2 Å². The molecule has 0 spiro atoms. The van der Waals surface area contributed by atoms with Crippen molar-refractivity contribution >= 4 is 5.91 Å². The molecule has 5 rings (SSSR count). The number of carbonyl (C=O) groups excluding carboxylic acids is 1. The lowest BCUT2D eigenvalue weighted by atomic mass is 9.49. The van der Waals surface area contributed by atoms with Crippen molar-refractivity contribution < 1.29 is 4.79 Å². The molecule has 0 unspecified atom stereocenters. The number of aryl methyl sites for hydroxylation is 1. The summed E-state index contributed by atoms with van der Waals surface area (Å²) in [7, 11) is 1.94. The number of nitrogens with zero attached hydrogens (tertiary/aromatic N) is 3. The summed E-state index contributed by atoms with van der Waals surface area (Å²) < 4.78 is 1.92. The minimum absolute atomic E-state index is 0.318. The third-order valence-corrected chi connectivity index (χ3v) is 6.54. The monoisotopic (exact) mass is 315 g/mol. The molecule has 4 aliphatic carbocycles. The van der Waals surface area contributed by atoms with E-state index in [1.807, 2.05) is 28.9 Å². The first-order chi connectivity index (χ1) is 11.0. The minimum atomic E-state index is 0.318. The van der Waals surface area contributed by atoms with Gasteiger partial charge in [0.1, 0.15) is 0 Å². The van der Waals surface area contributed by atoms with Crippen LogP contribution in [0.5, 0.6) is 0 Å². The van der Waals surface area contributed by atoms with Gasteiger partial charge in [0.15, 0.2) is 0 Å². The Bertz CT molecular complexity index is 556. The fourth-order valence-corrected chi connectivity index (χ4v) is 5.96. The number of carbonyl (C=O) groups is 1. The molecule has 126 valence electrons. The molecule has 1 aromatic heterocycles. The van der Waals surface area contributed by atoms with Crippen molar-refractivity contribution in [2.75, 3.05) is 7.05 Å². The fourth-order valence-electron chi connectivity index (χ4n) is 5.96. The van der Waals surface area contributed by atoms with Gasteiger partial charge in [0.2, 0.25) is 5.91 Å². The largest absolute Gasteiger partial charge is 0.340 e. The van der Waals surface area contributed by atoms with Crippen LogP contribution in [0, 0.1) is 23.2 Å². The Labute approximate surface area is 139 Å². The van der Waals surface area contributed by atoms with E-state index in [-0.39, 0.29) is 0 Å². The molecule has 0 aliphatic heterocycles. The van der Waals surface area contributed by atoms with Crippen molar-refractivity contribution in [2.45, 2.75) is 65.0 Å². The van der Waals surface area contributed by atoms with Crippen LogP contribution in [0.2, 0.25) is 0 Å². The number of rotatable bonds is 5. The van der Waals surface area contributed by atoms with Gasteiger partial charge in [0.25, 0.3) is 0 Å². The summed E-state index contributed by atoms with van der Waals surface area (Å²) in [5.41, 5.74) is 1.33. The van der Waals surface area contributed by atoms with Crippen LogP contribution in [-0.2, 0) is 17.9 Å². The molecular weight excluding hydrogens is 286 g/mol. The quantitative estimate of drug-likeness (QED) is 0.834. The molecule has 1 aromatic rings. The first kappa shape index (κ1) is 15.2. The third-order valence-electron chi connectivity index (χ3n) is 6.54. The summed E-state index contributed by atoms with van der Waals surface area (Å²) in [6, 6.07) is 2.03. The molecule has 0 saturated heterocycles. The zero-order valence-electron chi connectivity index (χ0n) is 14.5. The molecule has 4 bridgehead atoms. The Kier molecular flexibility index (Phi) is 3.73. The van der Waals surface area contributed by atoms with E-state index in [9.17, 15) is 4.79 Å². The van der Waals surface area contributed by atoms with Gasteiger partial charge < -0.3 is 4.90 Å². The molecular formula is C19H29N3O. The van der Waals surface area contributed by atoms with Gasteiger partial charge in [-0.1, -0.05) is 0 Å². The average Bonchev–Trinajstić information content (AvgIpc) is 2.92. The van der Waals surface area contributed by atoms with Gasteiger partial charge in [-0.3, -0.25) is 9.48 Å². The van der Waals surface area contributed by atoms with Crippen LogP contribution < -0.4 is 0 Å². The second-order valence-corrected chi connectivity index (χ2v) is 8.51. The lowest BCUT2D eigenvalue weighted by molar-refractivity contribution is -0.138. The summed E-state index contributed by atoms with van der Waals surface area (Å²) in [5, 5.41) is 4.50. The van der Waals surface area contributed by atoms with Crippen LogP contribution in [0.15, 0.2) is 12.3 Å². The zero-order valence-corrected chi connectivity index (χ0v) is 14.5. The smallest absolute Gasteiger partial charge is 0.223 e. The second kappa shape index (κ2) is 5.64. The second-order valence-electron chi connectivity index (χ2n) is 8.51. The Balaban J connectivity index is 1.39. The van der Waals surface area contributed by atoms with Gasteiger partial charge in [-0.05, 0) is 74.7 Å². The van der Waals surface area contributed by atoms with E-state index in [0.29, 0.717) is 17.9 Å². The molecule has 0 N–H and O–H groups in total. The van der Waals surface area contributed by atoms with Crippen molar-refractivity contribution in [1.29, 1.82) is 0 Å². The van der Waals surface area contributed by atoms with Crippen LogP contribution in [-0.4, -0.2) is 27.6 Å². The summed E-state index contributed by atoms with van der Waals surface area (Å²) in [6.07, 6.45) is 11.0. The average molecular weight is 315 g/mol. The number of hydrogen-bond donors (Lipinski definition) is 0. The van der Waals surface area contributed by atoms with Gasteiger partial charge >= 0.3 is 0 Å². The third kappa shape index (κ3) is 2.92. The Morgan fingerprint density at radius 2 is 1.87 bits per heavy atom. The highest BCUT2D eigenvalue weighted by atomic mass is 16.2. The lowest BCUT2D eigenvalue weighted by Gasteiger charge is -2.56. The van der Waals surface area contributed by atoms with Gasteiger partial charge in [-0.2, -0.15) is 5.10 Å². The molecule has 0 radical (unpaired) electrons. The van der Waals surface area contributed by atoms with E-state index in [1.165, 1.54) is 38.5 Å². The highest BCUT2D eigenvalue weighted by Gasteiger charge is 2.51. The molecule has 4 nitrogen and oxygen atoms in total. The molecule has 4 saturated carbocycles. The standard InChI is InChI=1S/C19H29N3O/c1-3-22-5-4-17(20-22)13-21(2)18(23)12-19-9-14-6-15(10-19)8-16(7-14)11-19/h4-5,14-16H,3,6-13H2,1-2H3. The van der Waals surface area contributed by atoms with E-state index in [2.05, 4.69) is 12.0 Å². The summed E-state index contributed by atoms with van der Waals surface area (Å²) in [5.74, 6) is 3.07. The minimum Gasteiger partial charge on any atom is -0.340 e. The summed E-state index contributed by atoms with van der Waals surface area (Å²) in [4.78, 5) is 14.7. The van der Waals surface area contributed by atoms with Crippen LogP contribution in [0.3, 0.4) is 0 Å². The predicted molar refractivity (Wildman–Crippen MR) is 89.6 cm³/mol. The normalized spacial score (nSPS) is 34.8. The van der Waals surface area contributed by atoms with Crippen LogP contribution in [0.1, 0.15) is 57.6 Å². The topological polar surface area (TPSA) is 38.1 Å². The van der Waals surface area contributed by atoms with Crippen molar-refractivity contribution in [3.63, 3.8) is 0 Å². The predicted octanol–water partition coefficient (Wildman–Crippen LogP) is 3.47. The van der Waals surface area contributed by atoms with Crippen molar-refractivity contribution in [3.8, 4) is 0 Å². The summed E-state index contributed by atoms with van der Waals surface area (Å²) in [6.45, 7) is 3.60. The maximum atomic E-state index is 12.8. The van der Waals surface area contributed by atoms with E-state index in [4.69, 9.17) is 0 Å². The molecule has 4 heteroatoms. The van der Waals surface area contributed by atoms with E-state index < -0.39 is 0 Å². The van der Waals surface area contributed by atoms with Gasteiger partial charge in [0, 0.05) is 26.2 Å². The van der Waals surface area contributed by atoms with E-state index in [1.54, 1.807) is 0 Å². The van der Waals surface area contributed by atoms with E-state index >= 15 is 0 Å². The van der Waals surface area contributed by atoms with Crippen LogP contribution in [0.25, 0.3) is 0 Å². The number of aromatic nitrogens is 2. The van der Waals surface area contributed by atoms with Crippen molar-refractivity contribution in [1.82, 2.24) is 14.7 Å². The maximum Gasteiger partial charge on any atom is 0.223 e. The van der Waals surface area contributed by atoms with Gasteiger partial charge in [-0.15, -0.1) is 0 Å². The number of hydrogen-bond acceptors (Lipinski definition) is 2. The Morgan fingerprint density at radius 1 is 1.26 bits per heavy atom.